The van der Waals surface area contributed by atoms with E-state index in [4.69, 9.17) is 0 Å². The first-order chi connectivity index (χ1) is 14.6. The van der Waals surface area contributed by atoms with E-state index >= 15 is 0 Å². The molecule has 30 heavy (non-hydrogen) atoms. The lowest BCUT2D eigenvalue weighted by atomic mass is 9.94. The number of carbonyl (C=O) groups excluding carboxylic acids is 3. The molecule has 2 fully saturated rings. The number of pyridine rings is 1. The maximum absolute atomic E-state index is 13.2. The summed E-state index contributed by atoms with van der Waals surface area (Å²) in [6.07, 6.45) is 7.02. The average Bonchev–Trinajstić information content (AvgIpc) is 3.57. The Labute approximate surface area is 175 Å². The largest absolute Gasteiger partial charge is 0.371 e. The molecule has 154 valence electrons. The normalized spacial score (nSPS) is 19.2. The van der Waals surface area contributed by atoms with E-state index in [9.17, 15) is 14.4 Å². The van der Waals surface area contributed by atoms with Gasteiger partial charge in [0.25, 0.3) is 11.8 Å². The number of hydrogen-bond acceptors (Lipinski definition) is 5. The molecule has 2 aromatic rings. The highest BCUT2D eigenvalue weighted by atomic mass is 16.2. The topological polar surface area (TPSA) is 82.6 Å². The lowest BCUT2D eigenvalue weighted by Gasteiger charge is -2.33. The monoisotopic (exact) mass is 404 g/mol. The van der Waals surface area contributed by atoms with Gasteiger partial charge in [-0.3, -0.25) is 24.3 Å². The van der Waals surface area contributed by atoms with Gasteiger partial charge in [0.05, 0.1) is 23.4 Å². The summed E-state index contributed by atoms with van der Waals surface area (Å²) in [5.74, 6) is -0.343. The number of imide groups is 1. The Morgan fingerprint density at radius 2 is 1.83 bits per heavy atom. The number of anilines is 1. The van der Waals surface area contributed by atoms with E-state index < -0.39 is 0 Å². The molecule has 1 aliphatic carbocycles. The van der Waals surface area contributed by atoms with Crippen molar-refractivity contribution in [2.24, 2.45) is 5.92 Å². The zero-order chi connectivity index (χ0) is 20.7. The molecule has 5 rings (SSSR count). The van der Waals surface area contributed by atoms with Crippen LogP contribution in [0, 0.1) is 5.92 Å². The van der Waals surface area contributed by atoms with Gasteiger partial charge in [0.15, 0.2) is 0 Å². The molecule has 3 aliphatic rings. The zero-order valence-electron chi connectivity index (χ0n) is 16.7. The van der Waals surface area contributed by atoms with Gasteiger partial charge in [-0.05, 0) is 49.4 Å². The van der Waals surface area contributed by atoms with Crippen molar-refractivity contribution in [2.75, 3.05) is 18.0 Å². The van der Waals surface area contributed by atoms with E-state index in [0.29, 0.717) is 30.3 Å². The van der Waals surface area contributed by atoms with E-state index in [2.05, 4.69) is 15.2 Å². The van der Waals surface area contributed by atoms with E-state index in [-0.39, 0.29) is 30.2 Å². The number of fused-ring (bicyclic) bond motifs is 1. The van der Waals surface area contributed by atoms with E-state index in [0.717, 1.165) is 36.9 Å². The fraction of sp³-hybridized carbons (Fsp3) is 0.391. The van der Waals surface area contributed by atoms with Gasteiger partial charge in [0.1, 0.15) is 0 Å². The average molecular weight is 404 g/mol. The Kier molecular flexibility index (Phi) is 4.73. The molecule has 1 saturated heterocycles. The molecule has 1 aromatic carbocycles. The number of carbonyl (C=O) groups is 3. The number of piperidine rings is 1. The molecule has 0 bridgehead atoms. The predicted octanol–water partition coefficient (Wildman–Crippen LogP) is 2.37. The van der Waals surface area contributed by atoms with Crippen molar-refractivity contribution < 1.29 is 14.4 Å². The Morgan fingerprint density at radius 1 is 1.03 bits per heavy atom. The number of aromatic nitrogens is 1. The Morgan fingerprint density at radius 3 is 2.53 bits per heavy atom. The van der Waals surface area contributed by atoms with Crippen molar-refractivity contribution in [2.45, 2.75) is 38.3 Å². The lowest BCUT2D eigenvalue weighted by molar-refractivity contribution is -0.125. The minimum Gasteiger partial charge on any atom is -0.371 e. The molecule has 0 radical (unpaired) electrons. The minimum atomic E-state index is -0.264. The number of hydrogen-bond donors (Lipinski definition) is 1. The van der Waals surface area contributed by atoms with E-state index in [1.54, 1.807) is 24.5 Å². The summed E-state index contributed by atoms with van der Waals surface area (Å²) in [6.45, 7) is 1.61. The van der Waals surface area contributed by atoms with Gasteiger partial charge in [0.2, 0.25) is 5.91 Å². The number of benzene rings is 1. The van der Waals surface area contributed by atoms with Gasteiger partial charge in [-0.2, -0.15) is 0 Å². The maximum atomic E-state index is 13.2. The van der Waals surface area contributed by atoms with Crippen LogP contribution in [0.3, 0.4) is 0 Å². The first-order valence-corrected chi connectivity index (χ1v) is 10.6. The molecule has 1 saturated carbocycles. The molecule has 1 N–H and O–H groups in total. The molecule has 0 unspecified atom stereocenters. The third kappa shape index (κ3) is 3.44. The van der Waals surface area contributed by atoms with Crippen LogP contribution < -0.4 is 10.2 Å². The fourth-order valence-electron chi connectivity index (χ4n) is 4.33. The van der Waals surface area contributed by atoms with Crippen LogP contribution in [0.25, 0.3) is 0 Å². The molecule has 1 aromatic heterocycles. The number of rotatable bonds is 5. The Hall–Kier alpha value is -3.22. The van der Waals surface area contributed by atoms with Crippen LogP contribution in [0.2, 0.25) is 0 Å². The van der Waals surface area contributed by atoms with Gasteiger partial charge in [-0.15, -0.1) is 0 Å². The summed E-state index contributed by atoms with van der Waals surface area (Å²) in [5, 5.41) is 3.09. The summed E-state index contributed by atoms with van der Waals surface area (Å²) < 4.78 is 0. The second-order valence-electron chi connectivity index (χ2n) is 8.30. The van der Waals surface area contributed by atoms with Crippen LogP contribution in [0.15, 0.2) is 42.7 Å². The molecule has 3 heterocycles. The van der Waals surface area contributed by atoms with Crippen LogP contribution >= 0.6 is 0 Å². The Bertz CT molecular complexity index is 995. The quantitative estimate of drug-likeness (QED) is 0.774. The van der Waals surface area contributed by atoms with Crippen molar-refractivity contribution in [3.8, 4) is 0 Å². The SMILES string of the molecule is O=C(NC1CC1)C1CCN(c2cccc3c2C(=O)N(Cc2cccnc2)C3=O)CC1. The molecule has 7 nitrogen and oxygen atoms in total. The van der Waals surface area contributed by atoms with Gasteiger partial charge in [-0.1, -0.05) is 12.1 Å². The first-order valence-electron chi connectivity index (χ1n) is 10.6. The highest BCUT2D eigenvalue weighted by molar-refractivity contribution is 6.23. The highest BCUT2D eigenvalue weighted by Crippen LogP contribution is 2.34. The second-order valence-corrected chi connectivity index (χ2v) is 8.30. The van der Waals surface area contributed by atoms with Crippen LogP contribution in [0.1, 0.15) is 52.0 Å². The summed E-state index contributed by atoms with van der Waals surface area (Å²) in [4.78, 5) is 45.9. The molecule has 0 atom stereocenters. The summed E-state index contributed by atoms with van der Waals surface area (Å²) in [6, 6.07) is 9.48. The minimum absolute atomic E-state index is 0.0259. The van der Waals surface area contributed by atoms with Gasteiger partial charge in [-0.25, -0.2) is 0 Å². The van der Waals surface area contributed by atoms with Crippen molar-refractivity contribution in [3.63, 3.8) is 0 Å². The van der Waals surface area contributed by atoms with Crippen LogP contribution in [-0.2, 0) is 11.3 Å². The lowest BCUT2D eigenvalue weighted by Crippen LogP contribution is -2.41. The number of nitrogens with one attached hydrogen (secondary N) is 1. The van der Waals surface area contributed by atoms with Crippen molar-refractivity contribution in [3.05, 3.63) is 59.4 Å². The number of nitrogens with zero attached hydrogens (tertiary/aromatic N) is 3. The predicted molar refractivity (Wildman–Crippen MR) is 111 cm³/mol. The van der Waals surface area contributed by atoms with E-state index in [1.807, 2.05) is 18.2 Å². The number of amides is 3. The summed E-state index contributed by atoms with van der Waals surface area (Å²) in [7, 11) is 0. The van der Waals surface area contributed by atoms with Crippen molar-refractivity contribution in [1.29, 1.82) is 0 Å². The molecule has 3 amide bonds. The standard InChI is InChI=1S/C23H24N4O3/c28-21(25-17-6-7-17)16-8-11-26(12-9-16)19-5-1-4-18-20(19)23(30)27(22(18)29)14-15-3-2-10-24-13-15/h1-5,10,13,16-17H,6-9,11-12,14H2,(H,25,28). The molecule has 7 heteroatoms. The molecular formula is C23H24N4O3. The molecule has 2 aliphatic heterocycles. The van der Waals surface area contributed by atoms with Crippen LogP contribution in [-0.4, -0.2) is 46.7 Å². The maximum Gasteiger partial charge on any atom is 0.263 e. The van der Waals surface area contributed by atoms with Crippen LogP contribution in [0.4, 0.5) is 5.69 Å². The van der Waals surface area contributed by atoms with Crippen molar-refractivity contribution in [1.82, 2.24) is 15.2 Å². The third-order valence-corrected chi connectivity index (χ3v) is 6.17. The molecular weight excluding hydrogens is 380 g/mol. The third-order valence-electron chi connectivity index (χ3n) is 6.17. The van der Waals surface area contributed by atoms with Crippen molar-refractivity contribution >= 4 is 23.4 Å². The van der Waals surface area contributed by atoms with Gasteiger partial charge >= 0.3 is 0 Å². The summed E-state index contributed by atoms with van der Waals surface area (Å²) in [5.41, 5.74) is 2.54. The summed E-state index contributed by atoms with van der Waals surface area (Å²) >= 11 is 0. The zero-order valence-corrected chi connectivity index (χ0v) is 16.7. The van der Waals surface area contributed by atoms with Crippen LogP contribution in [0.5, 0.6) is 0 Å². The fourth-order valence-corrected chi connectivity index (χ4v) is 4.33. The highest BCUT2D eigenvalue weighted by Gasteiger charge is 2.39. The molecule has 0 spiro atoms. The van der Waals surface area contributed by atoms with Gasteiger partial charge < -0.3 is 10.2 Å². The van der Waals surface area contributed by atoms with Gasteiger partial charge in [0, 0.05) is 37.4 Å². The smallest absolute Gasteiger partial charge is 0.263 e. The Balaban J connectivity index is 1.33. The van der Waals surface area contributed by atoms with E-state index in [1.165, 1.54) is 4.90 Å². The second kappa shape index (κ2) is 7.55. The first kappa shape index (κ1) is 18.8.